The number of benzene rings is 1. The molecule has 1 saturated heterocycles. The van der Waals surface area contributed by atoms with Crippen LogP contribution in [0.3, 0.4) is 0 Å². The minimum atomic E-state index is 0.00157. The third kappa shape index (κ3) is 3.48. The van der Waals surface area contributed by atoms with Crippen molar-refractivity contribution in [2.45, 2.75) is 19.4 Å². The highest BCUT2D eigenvalue weighted by Crippen LogP contribution is 2.25. The zero-order valence-corrected chi connectivity index (χ0v) is 12.8. The van der Waals surface area contributed by atoms with E-state index in [0.717, 1.165) is 17.4 Å². The summed E-state index contributed by atoms with van der Waals surface area (Å²) >= 11 is 3.38. The molecule has 2 rings (SSSR count). The van der Waals surface area contributed by atoms with Crippen molar-refractivity contribution >= 4 is 21.8 Å². The van der Waals surface area contributed by atoms with Crippen molar-refractivity contribution in [3.05, 3.63) is 28.2 Å². The van der Waals surface area contributed by atoms with Crippen LogP contribution in [0, 0.1) is 0 Å². The molecule has 19 heavy (non-hydrogen) atoms. The molecule has 0 aliphatic carbocycles. The Morgan fingerprint density at radius 2 is 2.32 bits per heavy atom. The first-order valence-electron chi connectivity index (χ1n) is 6.36. The van der Waals surface area contributed by atoms with Gasteiger partial charge in [0.1, 0.15) is 5.75 Å². The van der Waals surface area contributed by atoms with E-state index in [1.165, 1.54) is 0 Å². The molecule has 0 radical (unpaired) electrons. The molecular weight excluding hydrogens is 310 g/mol. The van der Waals surface area contributed by atoms with E-state index in [9.17, 15) is 4.79 Å². The van der Waals surface area contributed by atoms with Crippen LogP contribution in [0.2, 0.25) is 0 Å². The van der Waals surface area contributed by atoms with Crippen LogP contribution in [0.25, 0.3) is 0 Å². The zero-order valence-electron chi connectivity index (χ0n) is 11.2. The molecule has 1 amide bonds. The topological polar surface area (TPSA) is 38.8 Å². The predicted molar refractivity (Wildman–Crippen MR) is 76.6 cm³/mol. The Morgan fingerprint density at radius 1 is 1.53 bits per heavy atom. The lowest BCUT2D eigenvalue weighted by Gasteiger charge is -2.23. The number of ether oxygens (including phenoxy) is 2. The molecule has 1 aromatic carbocycles. The smallest absolute Gasteiger partial charge is 0.257 e. The van der Waals surface area contributed by atoms with Gasteiger partial charge in [-0.15, -0.1) is 0 Å². The van der Waals surface area contributed by atoms with E-state index in [-0.39, 0.29) is 12.0 Å². The van der Waals surface area contributed by atoms with Crippen LogP contribution >= 0.6 is 15.9 Å². The summed E-state index contributed by atoms with van der Waals surface area (Å²) in [5.41, 5.74) is 0.597. The Labute approximate surface area is 121 Å². The molecule has 0 N–H and O–H groups in total. The fourth-order valence-corrected chi connectivity index (χ4v) is 2.53. The summed E-state index contributed by atoms with van der Waals surface area (Å²) in [6.45, 7) is 4.05. The van der Waals surface area contributed by atoms with E-state index in [4.69, 9.17) is 9.47 Å². The van der Waals surface area contributed by atoms with Gasteiger partial charge in [0.15, 0.2) is 0 Å². The number of halogens is 1. The number of carbonyl (C=O) groups excluding carboxylic acids is 1. The van der Waals surface area contributed by atoms with Gasteiger partial charge in [-0.3, -0.25) is 4.79 Å². The highest BCUT2D eigenvalue weighted by Gasteiger charge is 2.23. The van der Waals surface area contributed by atoms with E-state index in [1.54, 1.807) is 13.2 Å². The van der Waals surface area contributed by atoms with E-state index < -0.39 is 0 Å². The van der Waals surface area contributed by atoms with Crippen molar-refractivity contribution < 1.29 is 14.3 Å². The maximum Gasteiger partial charge on any atom is 0.257 e. The average molecular weight is 328 g/mol. The number of rotatable bonds is 2. The first-order chi connectivity index (χ1) is 9.11. The maximum absolute atomic E-state index is 12.6. The molecule has 0 spiro atoms. The minimum Gasteiger partial charge on any atom is -0.496 e. The van der Waals surface area contributed by atoms with Crippen molar-refractivity contribution in [2.75, 3.05) is 26.8 Å². The van der Waals surface area contributed by atoms with Gasteiger partial charge in [0.2, 0.25) is 0 Å². The summed E-state index contributed by atoms with van der Waals surface area (Å²) < 4.78 is 11.7. The van der Waals surface area contributed by atoms with Crippen LogP contribution in [0.1, 0.15) is 23.7 Å². The lowest BCUT2D eigenvalue weighted by molar-refractivity contribution is 0.0561. The first-order valence-corrected chi connectivity index (χ1v) is 7.15. The van der Waals surface area contributed by atoms with Crippen LogP contribution in [0.15, 0.2) is 22.7 Å². The predicted octanol–water partition coefficient (Wildman–Crippen LogP) is 2.71. The molecule has 1 aromatic rings. The van der Waals surface area contributed by atoms with Crippen molar-refractivity contribution in [1.82, 2.24) is 4.90 Å². The average Bonchev–Trinajstić information content (AvgIpc) is 2.62. The molecule has 0 saturated carbocycles. The van der Waals surface area contributed by atoms with Gasteiger partial charge < -0.3 is 14.4 Å². The third-order valence-corrected chi connectivity index (χ3v) is 3.63. The van der Waals surface area contributed by atoms with Gasteiger partial charge in [-0.05, 0) is 31.5 Å². The SMILES string of the molecule is COc1cc(Br)ccc1C(=O)N1CCCOC(C)C1. The van der Waals surface area contributed by atoms with Crippen LogP contribution in [0.5, 0.6) is 5.75 Å². The highest BCUT2D eigenvalue weighted by molar-refractivity contribution is 9.10. The number of carbonyl (C=O) groups is 1. The highest BCUT2D eigenvalue weighted by atomic mass is 79.9. The summed E-state index contributed by atoms with van der Waals surface area (Å²) in [6.07, 6.45) is 0.947. The van der Waals surface area contributed by atoms with Gasteiger partial charge >= 0.3 is 0 Å². The number of hydrogen-bond donors (Lipinski definition) is 0. The first kappa shape index (κ1) is 14.3. The Kier molecular flexibility index (Phi) is 4.82. The van der Waals surface area contributed by atoms with Crippen molar-refractivity contribution in [3.8, 4) is 5.75 Å². The molecule has 1 aliphatic rings. The van der Waals surface area contributed by atoms with Gasteiger partial charge in [0.25, 0.3) is 5.91 Å². The lowest BCUT2D eigenvalue weighted by atomic mass is 10.1. The second-order valence-electron chi connectivity index (χ2n) is 4.63. The summed E-state index contributed by atoms with van der Waals surface area (Å²) in [5.74, 6) is 0.596. The lowest BCUT2D eigenvalue weighted by Crippen LogP contribution is -2.36. The van der Waals surface area contributed by atoms with Crippen molar-refractivity contribution in [2.24, 2.45) is 0 Å². The summed E-state index contributed by atoms with van der Waals surface area (Å²) in [7, 11) is 1.58. The number of hydrogen-bond acceptors (Lipinski definition) is 3. The number of nitrogens with zero attached hydrogens (tertiary/aromatic N) is 1. The monoisotopic (exact) mass is 327 g/mol. The molecule has 4 nitrogen and oxygen atoms in total. The Morgan fingerprint density at radius 3 is 3.05 bits per heavy atom. The summed E-state index contributed by atoms with van der Waals surface area (Å²) in [5, 5.41) is 0. The quantitative estimate of drug-likeness (QED) is 0.838. The van der Waals surface area contributed by atoms with Crippen LogP contribution in [-0.4, -0.2) is 43.7 Å². The molecule has 0 aromatic heterocycles. The maximum atomic E-state index is 12.6. The third-order valence-electron chi connectivity index (χ3n) is 3.13. The number of methoxy groups -OCH3 is 1. The van der Waals surface area contributed by atoms with E-state index in [2.05, 4.69) is 15.9 Å². The second kappa shape index (κ2) is 6.39. The van der Waals surface area contributed by atoms with Crippen molar-refractivity contribution in [3.63, 3.8) is 0 Å². The Hall–Kier alpha value is -1.07. The molecule has 1 heterocycles. The van der Waals surface area contributed by atoms with E-state index in [1.807, 2.05) is 24.0 Å². The van der Waals surface area contributed by atoms with Crippen LogP contribution in [-0.2, 0) is 4.74 Å². The summed E-state index contributed by atoms with van der Waals surface area (Å²) in [4.78, 5) is 14.4. The Balaban J connectivity index is 2.23. The van der Waals surface area contributed by atoms with Gasteiger partial charge in [0, 0.05) is 24.2 Å². The molecule has 1 unspecified atom stereocenters. The molecule has 5 heteroatoms. The van der Waals surface area contributed by atoms with E-state index in [0.29, 0.717) is 24.5 Å². The normalized spacial score (nSPS) is 19.9. The van der Waals surface area contributed by atoms with Crippen LogP contribution in [0.4, 0.5) is 0 Å². The second-order valence-corrected chi connectivity index (χ2v) is 5.55. The van der Waals surface area contributed by atoms with Gasteiger partial charge in [0.05, 0.1) is 18.8 Å². The van der Waals surface area contributed by atoms with Gasteiger partial charge in [-0.25, -0.2) is 0 Å². The molecule has 0 bridgehead atoms. The van der Waals surface area contributed by atoms with Crippen molar-refractivity contribution in [1.29, 1.82) is 0 Å². The van der Waals surface area contributed by atoms with Gasteiger partial charge in [-0.1, -0.05) is 15.9 Å². The molecule has 1 fully saturated rings. The molecular formula is C14H18BrNO3. The zero-order chi connectivity index (χ0) is 13.8. The standard InChI is InChI=1S/C14H18BrNO3/c1-10-9-16(6-3-7-19-10)14(17)12-5-4-11(15)8-13(12)18-2/h4-5,8,10H,3,6-7,9H2,1-2H3. The van der Waals surface area contributed by atoms with Gasteiger partial charge in [-0.2, -0.15) is 0 Å². The Bertz CT molecular complexity index is 464. The summed E-state index contributed by atoms with van der Waals surface area (Å²) in [6, 6.07) is 5.46. The largest absolute Gasteiger partial charge is 0.496 e. The van der Waals surface area contributed by atoms with E-state index >= 15 is 0 Å². The number of amides is 1. The molecule has 1 aliphatic heterocycles. The minimum absolute atomic E-state index is 0.00157. The molecule has 104 valence electrons. The van der Waals surface area contributed by atoms with Crippen LogP contribution < -0.4 is 4.74 Å². The fraction of sp³-hybridized carbons (Fsp3) is 0.500. The molecule has 1 atom stereocenters. The fourth-order valence-electron chi connectivity index (χ4n) is 2.19.